The highest BCUT2D eigenvalue weighted by atomic mass is 35.5. The van der Waals surface area contributed by atoms with Crippen molar-refractivity contribution in [2.24, 2.45) is 0 Å². The van der Waals surface area contributed by atoms with Crippen LogP contribution in [-0.2, 0) is 6.54 Å². The molecule has 0 radical (unpaired) electrons. The summed E-state index contributed by atoms with van der Waals surface area (Å²) < 4.78 is 0. The van der Waals surface area contributed by atoms with Crippen molar-refractivity contribution in [3.8, 4) is 22.5 Å². The first-order valence-corrected chi connectivity index (χ1v) is 11.9. The number of rotatable bonds is 4. The summed E-state index contributed by atoms with van der Waals surface area (Å²) in [4.78, 5) is 40.2. The van der Waals surface area contributed by atoms with Crippen LogP contribution in [0.2, 0.25) is 10.2 Å². The van der Waals surface area contributed by atoms with E-state index in [9.17, 15) is 9.59 Å². The maximum Gasteiger partial charge on any atom is 0.261 e. The first-order chi connectivity index (χ1) is 17.5. The number of carbonyl (C=O) groups excluding carboxylic acids is 2. The molecule has 0 atom stereocenters. The smallest absolute Gasteiger partial charge is 0.261 e. The lowest BCUT2D eigenvalue weighted by atomic mass is 10.1. The molecule has 6 nitrogen and oxygen atoms in total. The Morgan fingerprint density at radius 1 is 0.722 bits per heavy atom. The van der Waals surface area contributed by atoms with Crippen LogP contribution in [-0.4, -0.2) is 31.7 Å². The van der Waals surface area contributed by atoms with Gasteiger partial charge >= 0.3 is 0 Å². The van der Waals surface area contributed by atoms with Crippen LogP contribution in [0.4, 0.5) is 0 Å². The van der Waals surface area contributed by atoms with Crippen LogP contribution in [0.15, 0.2) is 85.1 Å². The Balaban J connectivity index is 1.33. The van der Waals surface area contributed by atoms with Crippen molar-refractivity contribution in [2.45, 2.75) is 6.54 Å². The molecule has 0 aliphatic carbocycles. The predicted octanol–water partition coefficient (Wildman–Crippen LogP) is 6.46. The maximum absolute atomic E-state index is 12.7. The largest absolute Gasteiger partial charge is 0.269 e. The van der Waals surface area contributed by atoms with Crippen LogP contribution in [0.5, 0.6) is 0 Å². The van der Waals surface area contributed by atoms with Crippen molar-refractivity contribution in [3.63, 3.8) is 0 Å². The third-order valence-electron chi connectivity index (χ3n) is 6.11. The third-order valence-corrected chi connectivity index (χ3v) is 6.72. The molecule has 174 valence electrons. The fourth-order valence-corrected chi connectivity index (χ4v) is 4.74. The van der Waals surface area contributed by atoms with E-state index in [1.165, 1.54) is 6.20 Å². The molecule has 0 fully saturated rings. The van der Waals surface area contributed by atoms with Gasteiger partial charge in [-0.2, -0.15) is 0 Å². The molecule has 0 saturated carbocycles. The van der Waals surface area contributed by atoms with Gasteiger partial charge in [0.25, 0.3) is 11.8 Å². The molecular weight excluding hydrogens is 495 g/mol. The highest BCUT2D eigenvalue weighted by Crippen LogP contribution is 2.33. The van der Waals surface area contributed by atoms with Crippen molar-refractivity contribution in [1.29, 1.82) is 0 Å². The zero-order chi connectivity index (χ0) is 24.8. The lowest BCUT2D eigenvalue weighted by molar-refractivity contribution is 0.0640. The van der Waals surface area contributed by atoms with E-state index in [0.717, 1.165) is 27.1 Å². The SMILES string of the molecule is O=C1c2ccccc2C(=O)N1Cc1ncc(-c2cc3nc(-c4ccccc4)ccc3cc2Cl)nc1Cl. The lowest BCUT2D eigenvalue weighted by Gasteiger charge is -2.14. The Morgan fingerprint density at radius 3 is 2.11 bits per heavy atom. The second-order valence-electron chi connectivity index (χ2n) is 8.32. The number of pyridine rings is 1. The Kier molecular flexibility index (Phi) is 5.48. The molecule has 0 N–H and O–H groups in total. The molecular formula is C28H16Cl2N4O2. The summed E-state index contributed by atoms with van der Waals surface area (Å²) in [5.74, 6) is -0.758. The van der Waals surface area contributed by atoms with Gasteiger partial charge < -0.3 is 0 Å². The number of halogens is 2. The zero-order valence-corrected chi connectivity index (χ0v) is 20.2. The van der Waals surface area contributed by atoms with Gasteiger partial charge in [0.15, 0.2) is 5.15 Å². The summed E-state index contributed by atoms with van der Waals surface area (Å²) in [5, 5.41) is 1.46. The third kappa shape index (κ3) is 3.81. The quantitative estimate of drug-likeness (QED) is 0.259. The highest BCUT2D eigenvalue weighted by Gasteiger charge is 2.35. The summed E-state index contributed by atoms with van der Waals surface area (Å²) >= 11 is 13.0. The molecule has 3 aromatic carbocycles. The highest BCUT2D eigenvalue weighted by molar-refractivity contribution is 6.34. The standard InChI is InChI=1S/C28H16Cl2N4O2/c29-21-12-17-10-11-22(16-6-2-1-3-7-16)32-23(17)13-20(21)24-14-31-25(26(30)33-24)15-34-27(35)18-8-4-5-9-19(18)28(34)36/h1-14H,15H2. The number of carbonyl (C=O) groups is 2. The fourth-order valence-electron chi connectivity index (χ4n) is 4.27. The van der Waals surface area contributed by atoms with E-state index in [1.54, 1.807) is 24.3 Å². The van der Waals surface area contributed by atoms with Gasteiger partial charge in [-0.1, -0.05) is 71.7 Å². The van der Waals surface area contributed by atoms with E-state index >= 15 is 0 Å². The van der Waals surface area contributed by atoms with E-state index in [4.69, 9.17) is 28.2 Å². The molecule has 8 heteroatoms. The molecule has 1 aliphatic heterocycles. The lowest BCUT2D eigenvalue weighted by Crippen LogP contribution is -2.29. The van der Waals surface area contributed by atoms with Crippen molar-refractivity contribution in [1.82, 2.24) is 19.9 Å². The Morgan fingerprint density at radius 2 is 1.42 bits per heavy atom. The van der Waals surface area contributed by atoms with Gasteiger partial charge in [0.05, 0.1) is 51.5 Å². The molecule has 2 aromatic heterocycles. The van der Waals surface area contributed by atoms with Crippen LogP contribution in [0.25, 0.3) is 33.4 Å². The Labute approximate surface area is 216 Å². The van der Waals surface area contributed by atoms with Gasteiger partial charge in [-0.3, -0.25) is 19.5 Å². The van der Waals surface area contributed by atoms with Crippen LogP contribution >= 0.6 is 23.2 Å². The number of amides is 2. The first kappa shape index (κ1) is 22.3. The van der Waals surface area contributed by atoms with Gasteiger partial charge in [-0.05, 0) is 30.3 Å². The minimum atomic E-state index is -0.379. The Hall–Kier alpha value is -4.13. The molecule has 0 bridgehead atoms. The van der Waals surface area contributed by atoms with Gasteiger partial charge in [-0.15, -0.1) is 0 Å². The second kappa shape index (κ2) is 8.82. The molecule has 0 spiro atoms. The van der Waals surface area contributed by atoms with Crippen molar-refractivity contribution in [2.75, 3.05) is 0 Å². The number of benzene rings is 3. The topological polar surface area (TPSA) is 76.1 Å². The van der Waals surface area contributed by atoms with Crippen LogP contribution in [0.3, 0.4) is 0 Å². The minimum Gasteiger partial charge on any atom is -0.269 e. The molecule has 6 rings (SSSR count). The van der Waals surface area contributed by atoms with Crippen LogP contribution < -0.4 is 0 Å². The van der Waals surface area contributed by atoms with E-state index in [-0.39, 0.29) is 23.5 Å². The van der Waals surface area contributed by atoms with Crippen LogP contribution in [0, 0.1) is 0 Å². The van der Waals surface area contributed by atoms with Crippen LogP contribution in [0.1, 0.15) is 26.4 Å². The molecule has 1 aliphatic rings. The maximum atomic E-state index is 12.7. The van der Waals surface area contributed by atoms with E-state index in [2.05, 4.69) is 9.97 Å². The van der Waals surface area contributed by atoms with Crippen molar-refractivity contribution in [3.05, 3.63) is 112 Å². The number of imide groups is 1. The number of nitrogens with zero attached hydrogens (tertiary/aromatic N) is 4. The number of hydrogen-bond acceptors (Lipinski definition) is 5. The normalized spacial score (nSPS) is 12.9. The number of hydrogen-bond donors (Lipinski definition) is 0. The van der Waals surface area contributed by atoms with Crippen molar-refractivity contribution >= 4 is 45.9 Å². The summed E-state index contributed by atoms with van der Waals surface area (Å²) in [5.41, 5.74) is 4.75. The zero-order valence-electron chi connectivity index (χ0n) is 18.7. The van der Waals surface area contributed by atoms with Crippen molar-refractivity contribution < 1.29 is 9.59 Å². The van der Waals surface area contributed by atoms with Gasteiger partial charge in [-0.25, -0.2) is 9.97 Å². The van der Waals surface area contributed by atoms with Gasteiger partial charge in [0, 0.05) is 16.5 Å². The molecule has 2 amide bonds. The molecule has 5 aromatic rings. The molecule has 3 heterocycles. The predicted molar refractivity (Wildman–Crippen MR) is 139 cm³/mol. The molecule has 36 heavy (non-hydrogen) atoms. The Bertz CT molecular complexity index is 1650. The van der Waals surface area contributed by atoms with E-state index in [1.807, 2.05) is 54.6 Å². The summed E-state index contributed by atoms with van der Waals surface area (Å²) in [6.07, 6.45) is 1.54. The average Bonchev–Trinajstić information content (AvgIpc) is 3.14. The van der Waals surface area contributed by atoms with Gasteiger partial charge in [0.1, 0.15) is 0 Å². The fraction of sp³-hybridized carbons (Fsp3) is 0.0357. The minimum absolute atomic E-state index is 0.0775. The van der Waals surface area contributed by atoms with Gasteiger partial charge in [0.2, 0.25) is 0 Å². The number of fused-ring (bicyclic) bond motifs is 2. The van der Waals surface area contributed by atoms with E-state index < -0.39 is 0 Å². The first-order valence-electron chi connectivity index (χ1n) is 11.1. The second-order valence-corrected chi connectivity index (χ2v) is 9.09. The average molecular weight is 511 g/mol. The summed E-state index contributed by atoms with van der Waals surface area (Å²) in [6.45, 7) is -0.0775. The molecule has 0 saturated heterocycles. The molecule has 0 unspecified atom stereocenters. The van der Waals surface area contributed by atoms with E-state index in [0.29, 0.717) is 33.1 Å². The monoisotopic (exact) mass is 510 g/mol. The summed E-state index contributed by atoms with van der Waals surface area (Å²) in [6, 6.07) is 24.2. The number of aromatic nitrogens is 3. The summed E-state index contributed by atoms with van der Waals surface area (Å²) in [7, 11) is 0.